The molecular weight excluding hydrogens is 492 g/mol. The van der Waals surface area contributed by atoms with Crippen LogP contribution >= 0.6 is 0 Å². The Hall–Kier alpha value is -4.63. The summed E-state index contributed by atoms with van der Waals surface area (Å²) in [6.07, 6.45) is 3.87. The van der Waals surface area contributed by atoms with Crippen molar-refractivity contribution in [3.8, 4) is 17.2 Å². The summed E-state index contributed by atoms with van der Waals surface area (Å²) >= 11 is 0. The number of carbonyl (C=O) groups excluding carboxylic acids is 1. The number of methoxy groups -OCH3 is 2. The molecule has 0 aliphatic carbocycles. The Kier molecular flexibility index (Phi) is 7.88. The number of ether oxygens (including phenoxy) is 2. The number of hydrogen-bond donors (Lipinski definition) is 3. The predicted octanol–water partition coefficient (Wildman–Crippen LogP) is 3.91. The van der Waals surface area contributed by atoms with Gasteiger partial charge in [0.2, 0.25) is 5.91 Å². The van der Waals surface area contributed by atoms with Gasteiger partial charge in [0.1, 0.15) is 17.3 Å². The van der Waals surface area contributed by atoms with Gasteiger partial charge < -0.3 is 25.5 Å². The van der Waals surface area contributed by atoms with Crippen molar-refractivity contribution in [2.75, 3.05) is 20.8 Å². The number of H-pyrrole nitrogens is 1. The SMILES string of the molecule is COc1ccc(-n2c(CCc3ccccc3)nnc2[C@@H](Cc2c[nH]c3ccccc23)NC(=O)CN)c(OC)c1. The molecule has 2 aromatic heterocycles. The van der Waals surface area contributed by atoms with Gasteiger partial charge in [-0.15, -0.1) is 10.2 Å². The van der Waals surface area contributed by atoms with Crippen molar-refractivity contribution in [3.05, 3.63) is 102 Å². The van der Waals surface area contributed by atoms with Crippen LogP contribution in [0.1, 0.15) is 28.8 Å². The van der Waals surface area contributed by atoms with E-state index in [9.17, 15) is 4.79 Å². The molecule has 200 valence electrons. The number of amides is 1. The van der Waals surface area contributed by atoms with Crippen LogP contribution < -0.4 is 20.5 Å². The molecule has 5 aromatic rings. The molecule has 0 fully saturated rings. The van der Waals surface area contributed by atoms with Gasteiger partial charge in [-0.2, -0.15) is 0 Å². The van der Waals surface area contributed by atoms with Gasteiger partial charge in [0.25, 0.3) is 0 Å². The number of rotatable bonds is 11. The summed E-state index contributed by atoms with van der Waals surface area (Å²) < 4.78 is 13.2. The van der Waals surface area contributed by atoms with Crippen molar-refractivity contribution >= 4 is 16.8 Å². The molecular formula is C30H32N6O3. The average Bonchev–Trinajstić information content (AvgIpc) is 3.60. The zero-order chi connectivity index (χ0) is 27.2. The highest BCUT2D eigenvalue weighted by Crippen LogP contribution is 2.32. The lowest BCUT2D eigenvalue weighted by atomic mass is 10.0. The fraction of sp³-hybridized carbons (Fsp3) is 0.233. The summed E-state index contributed by atoms with van der Waals surface area (Å²) in [5.41, 5.74) is 9.74. The van der Waals surface area contributed by atoms with Gasteiger partial charge in [0.05, 0.1) is 32.5 Å². The predicted molar refractivity (Wildman–Crippen MR) is 150 cm³/mol. The van der Waals surface area contributed by atoms with Crippen LogP contribution in [-0.4, -0.2) is 46.4 Å². The van der Waals surface area contributed by atoms with Crippen LogP contribution in [0.2, 0.25) is 0 Å². The molecule has 3 aromatic carbocycles. The van der Waals surface area contributed by atoms with Gasteiger partial charge in [-0.05, 0) is 35.7 Å². The Morgan fingerprint density at radius 1 is 1.00 bits per heavy atom. The molecule has 1 atom stereocenters. The third-order valence-electron chi connectivity index (χ3n) is 6.79. The minimum atomic E-state index is -0.495. The third kappa shape index (κ3) is 5.63. The minimum Gasteiger partial charge on any atom is -0.497 e. The summed E-state index contributed by atoms with van der Waals surface area (Å²) in [7, 11) is 3.23. The van der Waals surface area contributed by atoms with Gasteiger partial charge in [-0.25, -0.2) is 0 Å². The standard InChI is InChI=1S/C30H32N6O3/c1-38-22-13-14-26(27(17-22)39-2)36-28(15-12-20-8-4-3-5-9-20)34-35-30(36)25(33-29(37)18-31)16-21-19-32-24-11-7-6-10-23(21)24/h3-11,13-14,17,19,25,32H,12,15-16,18,31H2,1-2H3,(H,33,37)/t25-/m1/s1. The molecule has 2 heterocycles. The van der Waals surface area contributed by atoms with Crippen molar-refractivity contribution in [1.82, 2.24) is 25.1 Å². The van der Waals surface area contributed by atoms with E-state index in [4.69, 9.17) is 15.2 Å². The molecule has 0 spiro atoms. The van der Waals surface area contributed by atoms with Gasteiger partial charge in [-0.1, -0.05) is 48.5 Å². The zero-order valence-corrected chi connectivity index (χ0v) is 22.1. The van der Waals surface area contributed by atoms with Gasteiger partial charge in [0.15, 0.2) is 5.82 Å². The third-order valence-corrected chi connectivity index (χ3v) is 6.79. The number of benzene rings is 3. The molecule has 4 N–H and O–H groups in total. The maximum atomic E-state index is 12.6. The lowest BCUT2D eigenvalue weighted by molar-refractivity contribution is -0.120. The van der Waals surface area contributed by atoms with E-state index in [0.29, 0.717) is 30.2 Å². The van der Waals surface area contributed by atoms with Crippen LogP contribution in [0.25, 0.3) is 16.6 Å². The molecule has 5 rings (SSSR count). The first-order chi connectivity index (χ1) is 19.1. The molecule has 0 radical (unpaired) electrons. The summed E-state index contributed by atoms with van der Waals surface area (Å²) in [6, 6.07) is 23.4. The minimum absolute atomic E-state index is 0.134. The topological polar surface area (TPSA) is 120 Å². The molecule has 0 unspecified atom stereocenters. The number of aromatic amines is 1. The smallest absolute Gasteiger partial charge is 0.234 e. The van der Waals surface area contributed by atoms with E-state index < -0.39 is 6.04 Å². The van der Waals surface area contributed by atoms with E-state index in [2.05, 4.69) is 38.7 Å². The number of aromatic nitrogens is 4. The summed E-state index contributed by atoms with van der Waals surface area (Å²) in [4.78, 5) is 15.9. The van der Waals surface area contributed by atoms with Gasteiger partial charge in [0, 0.05) is 36.0 Å². The summed E-state index contributed by atoms with van der Waals surface area (Å²) in [6.45, 7) is -0.134. The van der Waals surface area contributed by atoms with Crippen molar-refractivity contribution in [1.29, 1.82) is 0 Å². The van der Waals surface area contributed by atoms with E-state index in [1.807, 2.05) is 65.4 Å². The highest BCUT2D eigenvalue weighted by molar-refractivity contribution is 5.83. The van der Waals surface area contributed by atoms with E-state index in [1.165, 1.54) is 5.56 Å². The fourth-order valence-electron chi connectivity index (χ4n) is 4.83. The number of nitrogens with one attached hydrogen (secondary N) is 2. The molecule has 9 nitrogen and oxygen atoms in total. The number of hydrogen-bond acceptors (Lipinski definition) is 6. The fourth-order valence-corrected chi connectivity index (χ4v) is 4.83. The van der Waals surface area contributed by atoms with Crippen molar-refractivity contribution in [2.24, 2.45) is 5.73 Å². The first-order valence-electron chi connectivity index (χ1n) is 12.9. The van der Waals surface area contributed by atoms with Crippen LogP contribution in [0.3, 0.4) is 0 Å². The second kappa shape index (κ2) is 11.8. The number of carbonyl (C=O) groups is 1. The number of aryl methyl sites for hydroxylation is 2. The van der Waals surface area contributed by atoms with E-state index in [-0.39, 0.29) is 12.5 Å². The second-order valence-corrected chi connectivity index (χ2v) is 9.22. The van der Waals surface area contributed by atoms with Gasteiger partial charge >= 0.3 is 0 Å². The largest absolute Gasteiger partial charge is 0.497 e. The molecule has 0 saturated heterocycles. The number of para-hydroxylation sites is 1. The maximum absolute atomic E-state index is 12.6. The molecule has 0 saturated carbocycles. The Morgan fingerprint density at radius 3 is 2.56 bits per heavy atom. The number of nitrogens with zero attached hydrogens (tertiary/aromatic N) is 3. The number of fused-ring (bicyclic) bond motifs is 1. The van der Waals surface area contributed by atoms with Gasteiger partial charge in [-0.3, -0.25) is 9.36 Å². The molecule has 9 heteroatoms. The molecule has 1 amide bonds. The lowest BCUT2D eigenvalue weighted by Crippen LogP contribution is -2.36. The zero-order valence-electron chi connectivity index (χ0n) is 22.1. The first-order valence-corrected chi connectivity index (χ1v) is 12.9. The van der Waals surface area contributed by atoms with Crippen molar-refractivity contribution in [2.45, 2.75) is 25.3 Å². The maximum Gasteiger partial charge on any atom is 0.234 e. The first kappa shape index (κ1) is 26.0. The molecule has 0 bridgehead atoms. The highest BCUT2D eigenvalue weighted by atomic mass is 16.5. The lowest BCUT2D eigenvalue weighted by Gasteiger charge is -2.21. The highest BCUT2D eigenvalue weighted by Gasteiger charge is 2.26. The normalized spacial score (nSPS) is 11.9. The van der Waals surface area contributed by atoms with Crippen LogP contribution in [0, 0.1) is 0 Å². The van der Waals surface area contributed by atoms with E-state index in [1.54, 1.807) is 14.2 Å². The summed E-state index contributed by atoms with van der Waals surface area (Å²) in [5.74, 6) is 2.34. The average molecular weight is 525 g/mol. The van der Waals surface area contributed by atoms with E-state index in [0.717, 1.165) is 34.4 Å². The molecule has 0 aliphatic heterocycles. The van der Waals surface area contributed by atoms with Crippen LogP contribution in [0.15, 0.2) is 79.0 Å². The van der Waals surface area contributed by atoms with Crippen molar-refractivity contribution in [3.63, 3.8) is 0 Å². The summed E-state index contributed by atoms with van der Waals surface area (Å²) in [5, 5.41) is 13.4. The Labute approximate surface area is 227 Å². The van der Waals surface area contributed by atoms with Crippen molar-refractivity contribution < 1.29 is 14.3 Å². The second-order valence-electron chi connectivity index (χ2n) is 9.22. The Morgan fingerprint density at radius 2 is 1.79 bits per heavy atom. The molecule has 39 heavy (non-hydrogen) atoms. The van der Waals surface area contributed by atoms with Crippen LogP contribution in [0.4, 0.5) is 0 Å². The molecule has 0 aliphatic rings. The van der Waals surface area contributed by atoms with Crippen LogP contribution in [-0.2, 0) is 24.1 Å². The monoisotopic (exact) mass is 524 g/mol. The number of nitrogens with two attached hydrogens (primary N) is 1. The van der Waals surface area contributed by atoms with E-state index >= 15 is 0 Å². The Balaban J connectivity index is 1.61. The quantitative estimate of drug-likeness (QED) is 0.241. The Bertz CT molecular complexity index is 1560. The van der Waals surface area contributed by atoms with Crippen LogP contribution in [0.5, 0.6) is 11.5 Å².